The summed E-state index contributed by atoms with van der Waals surface area (Å²) in [5, 5.41) is -0.479. The third-order valence-electron chi connectivity index (χ3n) is 4.82. The van der Waals surface area contributed by atoms with Crippen molar-refractivity contribution in [2.24, 2.45) is 4.99 Å². The third kappa shape index (κ3) is 3.87. The Bertz CT molecular complexity index is 1050. The molecule has 4 heterocycles. The number of aliphatic imine (C=N–C) groups is 1. The van der Waals surface area contributed by atoms with Gasteiger partial charge in [-0.2, -0.15) is 8.42 Å². The molecule has 2 aliphatic rings. The van der Waals surface area contributed by atoms with Crippen molar-refractivity contribution in [2.75, 3.05) is 13.1 Å². The number of H-pyrrole nitrogens is 1. The highest BCUT2D eigenvalue weighted by Crippen LogP contribution is 2.20. The zero-order chi connectivity index (χ0) is 19.0. The van der Waals surface area contributed by atoms with Crippen molar-refractivity contribution < 1.29 is 17.4 Å². The molecule has 10 heteroatoms. The Labute approximate surface area is 155 Å². The molecule has 4 rings (SSSR count). The van der Waals surface area contributed by atoms with Gasteiger partial charge in [0.05, 0.1) is 23.5 Å². The van der Waals surface area contributed by atoms with Crippen LogP contribution in [0.5, 0.6) is 0 Å². The van der Waals surface area contributed by atoms with E-state index in [-0.39, 0.29) is 5.56 Å². The molecule has 0 aliphatic carbocycles. The second-order valence-corrected chi connectivity index (χ2v) is 8.13. The lowest BCUT2D eigenvalue weighted by atomic mass is 10.1. The molecule has 2 N–H and O–H groups in total. The summed E-state index contributed by atoms with van der Waals surface area (Å²) < 4.78 is 36.4. The summed E-state index contributed by atoms with van der Waals surface area (Å²) in [5.41, 5.74) is 2.11. The molecule has 27 heavy (non-hydrogen) atoms. The van der Waals surface area contributed by atoms with Crippen LogP contribution < -0.4 is 5.56 Å². The number of furan rings is 1. The predicted molar refractivity (Wildman–Crippen MR) is 96.5 cm³/mol. The number of hydrogen-bond donors (Lipinski definition) is 2. The fraction of sp³-hybridized carbons (Fsp3) is 0.471. The van der Waals surface area contributed by atoms with Crippen molar-refractivity contribution >= 4 is 15.8 Å². The highest BCUT2D eigenvalue weighted by atomic mass is 32.2. The minimum atomic E-state index is -4.36. The van der Waals surface area contributed by atoms with Crippen LogP contribution in [0.15, 0.2) is 31.4 Å². The van der Waals surface area contributed by atoms with E-state index in [1.807, 2.05) is 4.90 Å². The molecule has 0 aromatic carbocycles. The zero-order valence-corrected chi connectivity index (χ0v) is 15.5. The van der Waals surface area contributed by atoms with Gasteiger partial charge in [0.15, 0.2) is 5.82 Å². The number of nitrogens with one attached hydrogen (secondary N) is 1. The van der Waals surface area contributed by atoms with Crippen LogP contribution in [-0.4, -0.2) is 46.6 Å². The largest absolute Gasteiger partial charge is 0.446 e. The predicted octanol–water partition coefficient (Wildman–Crippen LogP) is 1.14. The number of rotatable bonds is 4. The second kappa shape index (κ2) is 7.02. The molecule has 2 aromatic heterocycles. The van der Waals surface area contributed by atoms with Crippen LogP contribution in [-0.2, 0) is 29.6 Å². The SMILES string of the molecule is O=c1[nH]c(C2=NCCCC2)nc2c1CN(Cc1ccc(S(=O)(=O)O)o1)CC2. The standard InChI is InChI=1S/C17H20N4O5S/c22-17-12-10-21(9-11-4-5-15(26-11)27(23,24)25)8-6-13(12)19-16(20-17)14-3-1-2-7-18-14/h4-5H,1-3,6-10H2,(H,19,20,22)(H,23,24,25). The summed E-state index contributed by atoms with van der Waals surface area (Å²) in [5.74, 6) is 0.986. The van der Waals surface area contributed by atoms with Gasteiger partial charge in [-0.15, -0.1) is 0 Å². The maximum absolute atomic E-state index is 12.5. The Morgan fingerprint density at radius 3 is 2.81 bits per heavy atom. The molecule has 0 bridgehead atoms. The van der Waals surface area contributed by atoms with E-state index in [0.717, 1.165) is 37.2 Å². The number of aromatic amines is 1. The second-order valence-electron chi connectivity index (χ2n) is 6.78. The molecule has 0 fully saturated rings. The van der Waals surface area contributed by atoms with Gasteiger partial charge in [0, 0.05) is 26.1 Å². The Morgan fingerprint density at radius 2 is 2.11 bits per heavy atom. The number of aromatic nitrogens is 2. The number of hydrogen-bond acceptors (Lipinski definition) is 7. The van der Waals surface area contributed by atoms with Crippen LogP contribution >= 0.6 is 0 Å². The first-order chi connectivity index (χ1) is 12.9. The van der Waals surface area contributed by atoms with Gasteiger partial charge in [-0.05, 0) is 31.4 Å². The van der Waals surface area contributed by atoms with Crippen LogP contribution in [0, 0.1) is 0 Å². The lowest BCUT2D eigenvalue weighted by Crippen LogP contribution is -2.36. The Hall–Kier alpha value is -2.30. The average Bonchev–Trinajstić information content (AvgIpc) is 3.12. The van der Waals surface area contributed by atoms with E-state index in [2.05, 4.69) is 15.0 Å². The number of fused-ring (bicyclic) bond motifs is 1. The summed E-state index contributed by atoms with van der Waals surface area (Å²) in [6.45, 7) is 2.17. The van der Waals surface area contributed by atoms with Crippen LogP contribution in [0.2, 0.25) is 0 Å². The summed E-state index contributed by atoms with van der Waals surface area (Å²) in [6.07, 6.45) is 3.58. The van der Waals surface area contributed by atoms with Crippen molar-refractivity contribution in [1.82, 2.24) is 14.9 Å². The van der Waals surface area contributed by atoms with E-state index < -0.39 is 15.2 Å². The van der Waals surface area contributed by atoms with Crippen molar-refractivity contribution in [3.05, 3.63) is 45.3 Å². The minimum Gasteiger partial charge on any atom is -0.446 e. The van der Waals surface area contributed by atoms with Crippen LogP contribution in [0.25, 0.3) is 0 Å². The first-order valence-electron chi connectivity index (χ1n) is 8.84. The highest BCUT2D eigenvalue weighted by Gasteiger charge is 2.24. The van der Waals surface area contributed by atoms with E-state index in [0.29, 0.717) is 43.2 Å². The fourth-order valence-electron chi connectivity index (χ4n) is 3.45. The summed E-state index contributed by atoms with van der Waals surface area (Å²) in [7, 11) is -4.36. The molecule has 9 nitrogen and oxygen atoms in total. The van der Waals surface area contributed by atoms with Gasteiger partial charge < -0.3 is 9.40 Å². The molecule has 0 unspecified atom stereocenters. The van der Waals surface area contributed by atoms with E-state index in [4.69, 9.17) is 8.97 Å². The van der Waals surface area contributed by atoms with Crippen molar-refractivity contribution in [2.45, 2.75) is 43.9 Å². The molecule has 0 spiro atoms. The fourth-order valence-corrected chi connectivity index (χ4v) is 3.90. The first-order valence-corrected chi connectivity index (χ1v) is 10.3. The topological polar surface area (TPSA) is 129 Å². The van der Waals surface area contributed by atoms with Crippen molar-refractivity contribution in [3.63, 3.8) is 0 Å². The van der Waals surface area contributed by atoms with Crippen molar-refractivity contribution in [1.29, 1.82) is 0 Å². The quantitative estimate of drug-likeness (QED) is 0.747. The molecule has 144 valence electrons. The summed E-state index contributed by atoms with van der Waals surface area (Å²) in [6, 6.07) is 2.72. The van der Waals surface area contributed by atoms with E-state index in [1.54, 1.807) is 0 Å². The lowest BCUT2D eigenvalue weighted by Gasteiger charge is -2.27. The van der Waals surface area contributed by atoms with Gasteiger partial charge in [0.2, 0.25) is 5.09 Å². The Kier molecular flexibility index (Phi) is 4.70. The maximum Gasteiger partial charge on any atom is 0.328 e. The first kappa shape index (κ1) is 18.1. The van der Waals surface area contributed by atoms with E-state index in [9.17, 15) is 13.2 Å². The molecular formula is C17H20N4O5S. The molecular weight excluding hydrogens is 372 g/mol. The summed E-state index contributed by atoms with van der Waals surface area (Å²) >= 11 is 0. The van der Waals surface area contributed by atoms with Gasteiger partial charge in [-0.3, -0.25) is 19.2 Å². The molecule has 0 atom stereocenters. The van der Waals surface area contributed by atoms with E-state index >= 15 is 0 Å². The normalized spacial score (nSPS) is 18.2. The third-order valence-corrected chi connectivity index (χ3v) is 5.54. The minimum absolute atomic E-state index is 0.161. The van der Waals surface area contributed by atoms with Gasteiger partial charge >= 0.3 is 10.1 Å². The highest BCUT2D eigenvalue weighted by molar-refractivity contribution is 7.85. The molecule has 2 aliphatic heterocycles. The monoisotopic (exact) mass is 392 g/mol. The zero-order valence-electron chi connectivity index (χ0n) is 14.6. The van der Waals surface area contributed by atoms with E-state index in [1.165, 1.54) is 12.1 Å². The molecule has 2 aromatic rings. The number of nitrogens with zero attached hydrogens (tertiary/aromatic N) is 3. The smallest absolute Gasteiger partial charge is 0.328 e. The molecule has 0 amide bonds. The Morgan fingerprint density at radius 1 is 1.26 bits per heavy atom. The molecule has 0 radical (unpaired) electrons. The molecule has 0 saturated carbocycles. The van der Waals surface area contributed by atoms with Gasteiger partial charge in [-0.25, -0.2) is 4.98 Å². The maximum atomic E-state index is 12.5. The Balaban J connectivity index is 1.52. The van der Waals surface area contributed by atoms with Gasteiger partial charge in [0.1, 0.15) is 5.76 Å². The van der Waals surface area contributed by atoms with Gasteiger partial charge in [-0.1, -0.05) is 0 Å². The van der Waals surface area contributed by atoms with Crippen molar-refractivity contribution in [3.8, 4) is 0 Å². The van der Waals surface area contributed by atoms with Crippen LogP contribution in [0.1, 0.15) is 42.1 Å². The summed E-state index contributed by atoms with van der Waals surface area (Å²) in [4.78, 5) is 26.5. The van der Waals surface area contributed by atoms with Crippen LogP contribution in [0.4, 0.5) is 0 Å². The van der Waals surface area contributed by atoms with Gasteiger partial charge in [0.25, 0.3) is 5.56 Å². The average molecular weight is 392 g/mol. The molecule has 0 saturated heterocycles. The lowest BCUT2D eigenvalue weighted by molar-refractivity contribution is 0.215. The van der Waals surface area contributed by atoms with Crippen LogP contribution in [0.3, 0.4) is 0 Å².